The number of hydrogen-bond acceptors (Lipinski definition) is 13. The van der Waals surface area contributed by atoms with Crippen LogP contribution in [0.15, 0.2) is 122 Å². The van der Waals surface area contributed by atoms with Gasteiger partial charge in [0.1, 0.15) is 48.8 Å². The molecular formula is C78H133NO13. The number of aliphatic hydroxyl groups excluding tert-OH is 8. The number of allylic oxidation sites excluding steroid dienone is 19. The van der Waals surface area contributed by atoms with Gasteiger partial charge in [0, 0.05) is 6.42 Å². The summed E-state index contributed by atoms with van der Waals surface area (Å²) in [5.74, 6) is -0.254. The normalized spacial score (nSPS) is 23.4. The minimum atomic E-state index is -1.80. The van der Waals surface area contributed by atoms with Crippen LogP contribution >= 0.6 is 0 Å². The first-order valence-electron chi connectivity index (χ1n) is 36.8. The molecule has 14 heteroatoms. The molecule has 2 heterocycles. The van der Waals surface area contributed by atoms with E-state index in [4.69, 9.17) is 18.9 Å². The fourth-order valence-electron chi connectivity index (χ4n) is 11.3. The smallest absolute Gasteiger partial charge is 0.220 e. The first kappa shape index (κ1) is 84.5. The standard InChI is InChI=1S/C78H133NO13/c1-3-5-7-9-11-13-15-17-19-21-22-23-24-25-26-27-28-29-30-31-32-33-34-35-36-37-38-39-40-41-42-43-44-46-48-50-52-54-56-58-60-62-70(83)79-66(67(82)61-59-57-55-53-51-49-47-45-20-18-16-14-12-10-8-6-4-2)65-89-77-75(88)73(86)76(69(64-81)91-77)92-78-74(87)72(85)71(84)68(63-80)90-78/h5,7,11,13,17,19-20,22-23,25-26,28-29,31-32,45,51,53,59,61,66-69,71-78,80-82,84-88H,3-4,6,8-10,12,14-16,18,21,24,27,30,33-44,46-50,52,54-58,60,62-65H2,1-2H3,(H,79,83)/b7-5-,13-11-,19-17-,23-22-,26-25-,29-28-,32-31-,45-20+,53-51+,61-59+. The van der Waals surface area contributed by atoms with E-state index in [0.717, 1.165) is 89.9 Å². The second-order valence-electron chi connectivity index (χ2n) is 25.3. The van der Waals surface area contributed by atoms with Crippen molar-refractivity contribution in [3.63, 3.8) is 0 Å². The first-order valence-corrected chi connectivity index (χ1v) is 36.8. The van der Waals surface area contributed by atoms with E-state index >= 15 is 0 Å². The Morgan fingerprint density at radius 1 is 0.402 bits per heavy atom. The number of aliphatic hydroxyl groups is 8. The molecule has 0 aliphatic carbocycles. The molecule has 0 spiro atoms. The molecule has 528 valence electrons. The van der Waals surface area contributed by atoms with Gasteiger partial charge in [-0.05, 0) is 103 Å². The molecular weight excluding hydrogens is 1160 g/mol. The molecule has 1 amide bonds. The number of hydrogen-bond donors (Lipinski definition) is 9. The number of unbranched alkanes of at least 4 members (excludes halogenated alkanes) is 28. The maximum atomic E-state index is 13.3. The summed E-state index contributed by atoms with van der Waals surface area (Å²) < 4.78 is 22.8. The number of ether oxygens (including phenoxy) is 4. The zero-order valence-corrected chi connectivity index (χ0v) is 57.5. The zero-order chi connectivity index (χ0) is 66.6. The van der Waals surface area contributed by atoms with Crippen LogP contribution in [0.25, 0.3) is 0 Å². The Bertz CT molecular complexity index is 2010. The second-order valence-corrected chi connectivity index (χ2v) is 25.3. The highest BCUT2D eigenvalue weighted by molar-refractivity contribution is 5.76. The molecule has 0 radical (unpaired) electrons. The van der Waals surface area contributed by atoms with Gasteiger partial charge in [-0.3, -0.25) is 4.79 Å². The van der Waals surface area contributed by atoms with Crippen molar-refractivity contribution in [1.82, 2.24) is 5.32 Å². The summed E-state index contributed by atoms with van der Waals surface area (Å²) in [6.45, 7) is 2.66. The highest BCUT2D eigenvalue weighted by Gasteiger charge is 2.51. The van der Waals surface area contributed by atoms with Crippen LogP contribution in [0, 0.1) is 0 Å². The van der Waals surface area contributed by atoms with E-state index in [9.17, 15) is 45.6 Å². The summed E-state index contributed by atoms with van der Waals surface area (Å²) >= 11 is 0. The molecule has 0 saturated carbocycles. The largest absolute Gasteiger partial charge is 0.394 e. The van der Waals surface area contributed by atoms with Crippen molar-refractivity contribution < 1.29 is 64.6 Å². The van der Waals surface area contributed by atoms with Gasteiger partial charge >= 0.3 is 0 Å². The molecule has 14 nitrogen and oxygen atoms in total. The first-order chi connectivity index (χ1) is 45.1. The van der Waals surface area contributed by atoms with Crippen molar-refractivity contribution in [1.29, 1.82) is 0 Å². The summed E-state index contributed by atoms with van der Waals surface area (Å²) in [6.07, 6.45) is 72.7. The van der Waals surface area contributed by atoms with E-state index in [0.29, 0.717) is 12.8 Å². The number of amides is 1. The zero-order valence-electron chi connectivity index (χ0n) is 57.5. The summed E-state index contributed by atoms with van der Waals surface area (Å²) in [4.78, 5) is 13.3. The van der Waals surface area contributed by atoms with Crippen LogP contribution in [-0.4, -0.2) is 140 Å². The summed E-state index contributed by atoms with van der Waals surface area (Å²) in [7, 11) is 0. The fraction of sp³-hybridized carbons (Fsp3) is 0.731. The fourth-order valence-corrected chi connectivity index (χ4v) is 11.3. The van der Waals surface area contributed by atoms with Gasteiger partial charge in [0.15, 0.2) is 12.6 Å². The van der Waals surface area contributed by atoms with Crippen LogP contribution in [0.3, 0.4) is 0 Å². The topological polar surface area (TPSA) is 228 Å². The lowest BCUT2D eigenvalue weighted by atomic mass is 9.97. The molecule has 12 unspecified atom stereocenters. The van der Waals surface area contributed by atoms with Crippen molar-refractivity contribution in [2.45, 2.75) is 344 Å². The molecule has 2 aliphatic rings. The lowest BCUT2D eigenvalue weighted by Gasteiger charge is -2.46. The number of rotatable bonds is 59. The average Bonchev–Trinajstić information content (AvgIpc) is 0.856. The van der Waals surface area contributed by atoms with Crippen molar-refractivity contribution in [3.8, 4) is 0 Å². The summed E-state index contributed by atoms with van der Waals surface area (Å²) in [6, 6.07) is -0.943. The van der Waals surface area contributed by atoms with Crippen LogP contribution in [0.1, 0.15) is 271 Å². The van der Waals surface area contributed by atoms with Crippen molar-refractivity contribution in [3.05, 3.63) is 122 Å². The van der Waals surface area contributed by atoms with Gasteiger partial charge < -0.3 is 65.1 Å². The maximum Gasteiger partial charge on any atom is 0.220 e. The van der Waals surface area contributed by atoms with E-state index in [1.165, 1.54) is 148 Å². The number of carbonyl (C=O) groups excluding carboxylic acids is 1. The molecule has 0 bridgehead atoms. The monoisotopic (exact) mass is 1290 g/mol. The van der Waals surface area contributed by atoms with Crippen LogP contribution in [0.5, 0.6) is 0 Å². The van der Waals surface area contributed by atoms with Crippen LogP contribution in [-0.2, 0) is 23.7 Å². The van der Waals surface area contributed by atoms with Crippen molar-refractivity contribution in [2.75, 3.05) is 19.8 Å². The highest BCUT2D eigenvalue weighted by atomic mass is 16.7. The Labute approximate surface area is 558 Å². The number of nitrogens with one attached hydrogen (secondary N) is 1. The van der Waals surface area contributed by atoms with Crippen molar-refractivity contribution >= 4 is 5.91 Å². The third kappa shape index (κ3) is 44.2. The molecule has 12 atom stereocenters. The van der Waals surface area contributed by atoms with Gasteiger partial charge in [-0.1, -0.05) is 283 Å². The lowest BCUT2D eigenvalue weighted by Crippen LogP contribution is -2.65. The summed E-state index contributed by atoms with van der Waals surface area (Å²) in [5, 5.41) is 87.3. The molecule has 2 fully saturated rings. The molecule has 0 aromatic carbocycles. The average molecular weight is 1290 g/mol. The van der Waals surface area contributed by atoms with Crippen LogP contribution < -0.4 is 5.32 Å². The molecule has 9 N–H and O–H groups in total. The third-order valence-corrected chi connectivity index (χ3v) is 17.1. The minimum absolute atomic E-state index is 0.254. The Morgan fingerprint density at radius 2 is 0.761 bits per heavy atom. The van der Waals surface area contributed by atoms with E-state index in [2.05, 4.69) is 129 Å². The van der Waals surface area contributed by atoms with E-state index in [1.807, 2.05) is 6.08 Å². The van der Waals surface area contributed by atoms with Gasteiger partial charge in [-0.25, -0.2) is 0 Å². The van der Waals surface area contributed by atoms with Gasteiger partial charge in [0.2, 0.25) is 5.91 Å². The molecule has 2 saturated heterocycles. The van der Waals surface area contributed by atoms with Gasteiger partial charge in [0.25, 0.3) is 0 Å². The Kier molecular flexibility index (Phi) is 56.0. The predicted octanol–water partition coefficient (Wildman–Crippen LogP) is 15.7. The van der Waals surface area contributed by atoms with E-state index in [1.54, 1.807) is 6.08 Å². The van der Waals surface area contributed by atoms with Crippen LogP contribution in [0.4, 0.5) is 0 Å². The molecule has 2 aliphatic heterocycles. The van der Waals surface area contributed by atoms with E-state index < -0.39 is 86.8 Å². The summed E-state index contributed by atoms with van der Waals surface area (Å²) in [5.41, 5.74) is 0. The minimum Gasteiger partial charge on any atom is -0.394 e. The lowest BCUT2D eigenvalue weighted by molar-refractivity contribution is -0.359. The quantitative estimate of drug-likeness (QED) is 0.0204. The maximum absolute atomic E-state index is 13.3. The van der Waals surface area contributed by atoms with Gasteiger partial charge in [-0.2, -0.15) is 0 Å². The molecule has 0 aromatic rings. The Balaban J connectivity index is 1.59. The van der Waals surface area contributed by atoms with Crippen molar-refractivity contribution in [2.24, 2.45) is 0 Å². The highest BCUT2D eigenvalue weighted by Crippen LogP contribution is 2.30. The van der Waals surface area contributed by atoms with Crippen LogP contribution in [0.2, 0.25) is 0 Å². The molecule has 0 aromatic heterocycles. The Morgan fingerprint density at radius 3 is 1.20 bits per heavy atom. The Hall–Kier alpha value is -3.61. The SMILES string of the molecule is CC/C=C\C/C=C\C/C=C\C/C=C\C/C=C\C/C=C\C/C=C\CCCCCCCCCCCCCCCCCCCCCC(=O)NC(COC1OC(CO)C(OC2OC(CO)C(O)C(O)C2O)C(O)C1O)C(O)/C=C/CC/C=C/CC/C=C/CCCCCCCCC. The molecule has 92 heavy (non-hydrogen) atoms. The van der Waals surface area contributed by atoms with E-state index in [-0.39, 0.29) is 18.9 Å². The second kappa shape index (κ2) is 61.0. The van der Waals surface area contributed by atoms with Gasteiger partial charge in [0.05, 0.1) is 32.0 Å². The van der Waals surface area contributed by atoms with Gasteiger partial charge in [-0.15, -0.1) is 0 Å². The third-order valence-electron chi connectivity index (χ3n) is 17.1. The molecule has 2 rings (SSSR count). The predicted molar refractivity (Wildman–Crippen MR) is 378 cm³/mol. The number of carbonyl (C=O) groups is 1.